The first-order valence-corrected chi connectivity index (χ1v) is 7.53. The molecule has 0 aromatic heterocycles. The Morgan fingerprint density at radius 3 is 2.53 bits per heavy atom. The van der Waals surface area contributed by atoms with Crippen LogP contribution in [0.2, 0.25) is 0 Å². The number of non-ortho nitro benzene ring substituents is 1. The van der Waals surface area contributed by atoms with Crippen molar-refractivity contribution in [1.82, 2.24) is 4.90 Å². The van der Waals surface area contributed by atoms with E-state index in [-0.39, 0.29) is 18.0 Å². The summed E-state index contributed by atoms with van der Waals surface area (Å²) in [5.74, 6) is 0.00227. The number of rotatable bonds is 6. The lowest BCUT2D eigenvalue weighted by molar-refractivity contribution is -0.385. The van der Waals surface area contributed by atoms with Crippen LogP contribution in [0.15, 0.2) is 23.1 Å². The van der Waals surface area contributed by atoms with E-state index in [1.165, 1.54) is 6.07 Å². The fourth-order valence-corrected chi connectivity index (χ4v) is 2.25. The van der Waals surface area contributed by atoms with Crippen molar-refractivity contribution in [3.63, 3.8) is 0 Å². The molecule has 0 spiro atoms. The Balaban J connectivity index is 3.07. The van der Waals surface area contributed by atoms with Crippen molar-refractivity contribution in [2.24, 2.45) is 0 Å². The van der Waals surface area contributed by atoms with Gasteiger partial charge in [0.05, 0.1) is 4.92 Å². The average Bonchev–Trinajstić information content (AvgIpc) is 2.27. The molecular formula is C10H13ClN2O5S. The van der Waals surface area contributed by atoms with Gasteiger partial charge >= 0.3 is 0 Å². The van der Waals surface area contributed by atoms with Gasteiger partial charge in [0.2, 0.25) is 0 Å². The van der Waals surface area contributed by atoms with E-state index in [1.807, 2.05) is 19.0 Å². The topological polar surface area (TPSA) is 89.8 Å². The molecule has 1 aromatic rings. The van der Waals surface area contributed by atoms with E-state index in [4.69, 9.17) is 15.4 Å². The van der Waals surface area contributed by atoms with E-state index >= 15 is 0 Å². The Bertz CT molecular complexity index is 573. The van der Waals surface area contributed by atoms with Crippen LogP contribution in [0, 0.1) is 10.1 Å². The second kappa shape index (κ2) is 6.18. The monoisotopic (exact) mass is 308 g/mol. The van der Waals surface area contributed by atoms with Crippen molar-refractivity contribution in [3.05, 3.63) is 28.3 Å². The van der Waals surface area contributed by atoms with Crippen LogP contribution in [0.25, 0.3) is 0 Å². The number of nitrogens with zero attached hydrogens (tertiary/aromatic N) is 2. The van der Waals surface area contributed by atoms with Gasteiger partial charge in [-0.1, -0.05) is 0 Å². The molecule has 0 amide bonds. The van der Waals surface area contributed by atoms with Gasteiger partial charge in [-0.05, 0) is 20.2 Å². The summed E-state index contributed by atoms with van der Waals surface area (Å²) >= 11 is 0. The summed E-state index contributed by atoms with van der Waals surface area (Å²) in [5, 5.41) is 10.6. The van der Waals surface area contributed by atoms with Crippen LogP contribution < -0.4 is 4.74 Å². The quantitative estimate of drug-likeness (QED) is 0.449. The summed E-state index contributed by atoms with van der Waals surface area (Å²) in [4.78, 5) is 11.4. The van der Waals surface area contributed by atoms with Gasteiger partial charge in [0.1, 0.15) is 17.3 Å². The van der Waals surface area contributed by atoms with Crippen LogP contribution in [0.3, 0.4) is 0 Å². The molecule has 0 saturated heterocycles. The predicted octanol–water partition coefficient (Wildman–Crippen LogP) is 1.46. The highest BCUT2D eigenvalue weighted by Crippen LogP contribution is 2.30. The van der Waals surface area contributed by atoms with Crippen LogP contribution >= 0.6 is 10.7 Å². The summed E-state index contributed by atoms with van der Waals surface area (Å²) < 4.78 is 28.0. The lowest BCUT2D eigenvalue weighted by Crippen LogP contribution is -2.19. The number of hydrogen-bond acceptors (Lipinski definition) is 6. The van der Waals surface area contributed by atoms with E-state index in [2.05, 4.69) is 0 Å². The second-order valence-corrected chi connectivity index (χ2v) is 6.51. The van der Waals surface area contributed by atoms with Crippen molar-refractivity contribution in [3.8, 4) is 5.75 Å². The second-order valence-electron chi connectivity index (χ2n) is 3.98. The zero-order valence-electron chi connectivity index (χ0n) is 10.4. The first-order valence-electron chi connectivity index (χ1n) is 5.22. The van der Waals surface area contributed by atoms with E-state index in [9.17, 15) is 18.5 Å². The Hall–Kier alpha value is -1.38. The van der Waals surface area contributed by atoms with Crippen LogP contribution in [-0.2, 0) is 9.05 Å². The number of halogens is 1. The average molecular weight is 309 g/mol. The maximum Gasteiger partial charge on any atom is 0.271 e. The highest BCUT2D eigenvalue weighted by atomic mass is 35.7. The van der Waals surface area contributed by atoms with Gasteiger partial charge in [-0.25, -0.2) is 8.42 Å². The molecule has 19 heavy (non-hydrogen) atoms. The van der Waals surface area contributed by atoms with Gasteiger partial charge in [-0.3, -0.25) is 10.1 Å². The van der Waals surface area contributed by atoms with Crippen molar-refractivity contribution in [2.75, 3.05) is 27.2 Å². The fourth-order valence-electron chi connectivity index (χ4n) is 1.26. The Morgan fingerprint density at radius 1 is 1.42 bits per heavy atom. The van der Waals surface area contributed by atoms with Crippen LogP contribution in [0.4, 0.5) is 5.69 Å². The molecule has 1 rings (SSSR count). The summed E-state index contributed by atoms with van der Waals surface area (Å²) in [6, 6.07) is 3.27. The summed E-state index contributed by atoms with van der Waals surface area (Å²) in [7, 11) is 4.79. The number of hydrogen-bond donors (Lipinski definition) is 0. The van der Waals surface area contributed by atoms with E-state index in [1.54, 1.807) is 0 Å². The minimum absolute atomic E-state index is 0.00227. The molecule has 0 aliphatic rings. The number of nitro groups is 1. The zero-order chi connectivity index (χ0) is 14.6. The molecule has 0 radical (unpaired) electrons. The molecule has 0 heterocycles. The third-order valence-corrected chi connectivity index (χ3v) is 3.54. The maximum atomic E-state index is 11.4. The molecule has 0 bridgehead atoms. The largest absolute Gasteiger partial charge is 0.491 e. The molecule has 7 nitrogen and oxygen atoms in total. The normalized spacial score (nSPS) is 11.6. The SMILES string of the molecule is CN(C)CCOc1ccc([N+](=O)[O-])cc1S(=O)(=O)Cl. The predicted molar refractivity (Wildman–Crippen MR) is 70.2 cm³/mol. The van der Waals surface area contributed by atoms with E-state index in [0.29, 0.717) is 6.54 Å². The van der Waals surface area contributed by atoms with Gasteiger partial charge in [-0.2, -0.15) is 0 Å². The molecule has 0 N–H and O–H groups in total. The lowest BCUT2D eigenvalue weighted by Gasteiger charge is -2.12. The number of likely N-dealkylation sites (N-methyl/N-ethyl adjacent to an activating group) is 1. The van der Waals surface area contributed by atoms with Crippen molar-refractivity contribution >= 4 is 25.4 Å². The highest BCUT2D eigenvalue weighted by molar-refractivity contribution is 8.13. The molecule has 0 saturated carbocycles. The van der Waals surface area contributed by atoms with Gasteiger partial charge in [0.15, 0.2) is 0 Å². The smallest absolute Gasteiger partial charge is 0.271 e. The molecule has 0 unspecified atom stereocenters. The van der Waals surface area contributed by atoms with Crippen LogP contribution in [-0.4, -0.2) is 45.5 Å². The summed E-state index contributed by atoms with van der Waals surface area (Å²) in [5.41, 5.74) is -0.362. The van der Waals surface area contributed by atoms with Crippen LogP contribution in [0.1, 0.15) is 0 Å². The van der Waals surface area contributed by atoms with Crippen molar-refractivity contribution < 1.29 is 18.1 Å². The van der Waals surface area contributed by atoms with Crippen molar-refractivity contribution in [1.29, 1.82) is 0 Å². The minimum Gasteiger partial charge on any atom is -0.491 e. The molecule has 9 heteroatoms. The van der Waals surface area contributed by atoms with Gasteiger partial charge in [0, 0.05) is 29.4 Å². The Kier molecular flexibility index (Phi) is 5.10. The molecule has 106 valence electrons. The lowest BCUT2D eigenvalue weighted by atomic mass is 10.3. The molecule has 0 aliphatic heterocycles. The van der Waals surface area contributed by atoms with Gasteiger partial charge in [0.25, 0.3) is 14.7 Å². The maximum absolute atomic E-state index is 11.4. The molecule has 0 fully saturated rings. The zero-order valence-corrected chi connectivity index (χ0v) is 11.9. The number of benzene rings is 1. The molecule has 0 aliphatic carbocycles. The molecular weight excluding hydrogens is 296 g/mol. The van der Waals surface area contributed by atoms with E-state index in [0.717, 1.165) is 12.1 Å². The standard InChI is InChI=1S/C10H13ClN2O5S/c1-12(2)5-6-18-9-4-3-8(13(14)15)7-10(9)19(11,16)17/h3-4,7H,5-6H2,1-2H3. The number of nitro benzene ring substituents is 1. The summed E-state index contributed by atoms with van der Waals surface area (Å²) in [6.07, 6.45) is 0. The highest BCUT2D eigenvalue weighted by Gasteiger charge is 2.21. The Morgan fingerprint density at radius 2 is 2.05 bits per heavy atom. The van der Waals surface area contributed by atoms with Gasteiger partial charge in [-0.15, -0.1) is 0 Å². The van der Waals surface area contributed by atoms with E-state index < -0.39 is 18.9 Å². The number of ether oxygens (including phenoxy) is 1. The molecule has 0 atom stereocenters. The summed E-state index contributed by atoms with van der Waals surface area (Å²) in [6.45, 7) is 0.809. The fraction of sp³-hybridized carbons (Fsp3) is 0.400. The Labute approximate surface area is 115 Å². The van der Waals surface area contributed by atoms with Crippen LogP contribution in [0.5, 0.6) is 5.75 Å². The van der Waals surface area contributed by atoms with Crippen molar-refractivity contribution in [2.45, 2.75) is 4.90 Å². The first kappa shape index (κ1) is 15.7. The minimum atomic E-state index is -4.11. The third-order valence-electron chi connectivity index (χ3n) is 2.20. The molecule has 1 aromatic carbocycles. The first-order chi connectivity index (χ1) is 8.71. The third kappa shape index (κ3) is 4.66. The van der Waals surface area contributed by atoms with Gasteiger partial charge < -0.3 is 9.64 Å².